The second-order valence-corrected chi connectivity index (χ2v) is 7.39. The minimum absolute atomic E-state index is 0.276. The third kappa shape index (κ3) is 3.47. The van der Waals surface area contributed by atoms with Gasteiger partial charge in [0.25, 0.3) is 0 Å². The highest BCUT2D eigenvalue weighted by molar-refractivity contribution is 5.64. The van der Waals surface area contributed by atoms with Crippen LogP contribution in [0.2, 0.25) is 0 Å². The fourth-order valence-electron chi connectivity index (χ4n) is 3.81. The molecule has 1 saturated heterocycles. The van der Waals surface area contributed by atoms with E-state index >= 15 is 0 Å². The molecule has 3 aromatic rings. The Morgan fingerprint density at radius 3 is 2.48 bits per heavy atom. The molecular weight excluding hydrogens is 366 g/mol. The van der Waals surface area contributed by atoms with Gasteiger partial charge in [-0.3, -0.25) is 0 Å². The van der Waals surface area contributed by atoms with Crippen LogP contribution in [0.5, 0.6) is 0 Å². The highest BCUT2D eigenvalue weighted by Crippen LogP contribution is 2.34. The molecule has 0 bridgehead atoms. The number of nitrogens with two attached hydrogens (primary N) is 1. The summed E-state index contributed by atoms with van der Waals surface area (Å²) >= 11 is 0. The molecule has 29 heavy (non-hydrogen) atoms. The number of ether oxygens (including phenoxy) is 1. The van der Waals surface area contributed by atoms with Crippen molar-refractivity contribution >= 4 is 17.6 Å². The van der Waals surface area contributed by atoms with Crippen LogP contribution in [0.15, 0.2) is 36.5 Å². The van der Waals surface area contributed by atoms with Gasteiger partial charge in [0, 0.05) is 30.4 Å². The Balaban J connectivity index is 1.56. The van der Waals surface area contributed by atoms with Gasteiger partial charge >= 0.3 is 0 Å². The number of aromatic nitrogens is 4. The Bertz CT molecular complexity index is 1030. The summed E-state index contributed by atoms with van der Waals surface area (Å²) in [6.07, 6.45) is 1.69. The molecule has 1 fully saturated rings. The molecule has 0 amide bonds. The van der Waals surface area contributed by atoms with Crippen LogP contribution in [-0.4, -0.2) is 46.2 Å². The molecule has 5 rings (SSSR count). The van der Waals surface area contributed by atoms with Crippen LogP contribution in [0.25, 0.3) is 11.4 Å². The topological polar surface area (TPSA) is 93.3 Å². The summed E-state index contributed by atoms with van der Waals surface area (Å²) in [5.74, 6) is 2.84. The number of hydrogen-bond donors (Lipinski definition) is 1. The van der Waals surface area contributed by atoms with Crippen LogP contribution in [-0.2, 0) is 17.8 Å². The number of rotatable bonds is 3. The summed E-state index contributed by atoms with van der Waals surface area (Å²) in [5.41, 5.74) is 10.2. The molecule has 2 N–H and O–H groups in total. The molecule has 8 heteroatoms. The van der Waals surface area contributed by atoms with E-state index in [0.29, 0.717) is 26.3 Å². The number of anilines is 3. The van der Waals surface area contributed by atoms with Crippen LogP contribution in [0.1, 0.15) is 16.8 Å². The maximum atomic E-state index is 5.79. The molecule has 148 valence electrons. The van der Waals surface area contributed by atoms with Gasteiger partial charge in [-0.2, -0.15) is 4.98 Å². The Morgan fingerprint density at radius 1 is 0.931 bits per heavy atom. The molecule has 8 nitrogen and oxygen atoms in total. The second-order valence-electron chi connectivity index (χ2n) is 7.39. The largest absolute Gasteiger partial charge is 0.378 e. The van der Waals surface area contributed by atoms with E-state index in [9.17, 15) is 0 Å². The number of nitrogen functional groups attached to an aromatic ring is 1. The molecule has 0 atom stereocenters. The van der Waals surface area contributed by atoms with Crippen molar-refractivity contribution < 1.29 is 4.74 Å². The van der Waals surface area contributed by atoms with Crippen molar-refractivity contribution in [1.29, 1.82) is 0 Å². The van der Waals surface area contributed by atoms with Crippen molar-refractivity contribution in [2.45, 2.75) is 20.0 Å². The first kappa shape index (κ1) is 17.8. The van der Waals surface area contributed by atoms with Gasteiger partial charge in [-0.25, -0.2) is 15.0 Å². The number of aryl methyl sites for hydroxylation is 1. The van der Waals surface area contributed by atoms with Gasteiger partial charge in [-0.05, 0) is 13.0 Å². The minimum atomic E-state index is 0.276. The molecule has 0 aliphatic carbocycles. The molecule has 0 radical (unpaired) electrons. The first-order valence-corrected chi connectivity index (χ1v) is 9.80. The lowest BCUT2D eigenvalue weighted by Gasteiger charge is -2.29. The summed E-state index contributed by atoms with van der Waals surface area (Å²) in [5, 5.41) is 0. The molecule has 1 aromatic carbocycles. The zero-order valence-corrected chi connectivity index (χ0v) is 16.4. The average molecular weight is 389 g/mol. The average Bonchev–Trinajstić information content (AvgIpc) is 3.18. The first-order chi connectivity index (χ1) is 14.2. The van der Waals surface area contributed by atoms with Gasteiger partial charge in [0.15, 0.2) is 5.82 Å². The molecule has 2 aromatic heterocycles. The monoisotopic (exact) mass is 389 g/mol. The Kier molecular flexibility index (Phi) is 4.48. The predicted molar refractivity (Wildman–Crippen MR) is 112 cm³/mol. The number of benzene rings is 1. The zero-order valence-electron chi connectivity index (χ0n) is 16.4. The van der Waals surface area contributed by atoms with Crippen LogP contribution in [0.4, 0.5) is 17.6 Å². The fraction of sp³-hybridized carbons (Fsp3) is 0.333. The second kappa shape index (κ2) is 7.29. The lowest BCUT2D eigenvalue weighted by molar-refractivity contribution is 0.122. The number of morpholine rings is 1. The maximum Gasteiger partial charge on any atom is 0.221 e. The Hall–Kier alpha value is -3.26. The smallest absolute Gasteiger partial charge is 0.221 e. The van der Waals surface area contributed by atoms with Crippen molar-refractivity contribution in [2.75, 3.05) is 41.8 Å². The highest BCUT2D eigenvalue weighted by atomic mass is 16.5. The summed E-state index contributed by atoms with van der Waals surface area (Å²) in [6.45, 7) is 6.54. The van der Waals surface area contributed by atoms with Crippen molar-refractivity contribution in [3.63, 3.8) is 0 Å². The first-order valence-electron chi connectivity index (χ1n) is 9.80. The molecular formula is C21H23N7O. The van der Waals surface area contributed by atoms with Gasteiger partial charge < -0.3 is 20.3 Å². The van der Waals surface area contributed by atoms with E-state index < -0.39 is 0 Å². The lowest BCUT2D eigenvalue weighted by atomic mass is 10.1. The highest BCUT2D eigenvalue weighted by Gasteiger charge is 2.29. The van der Waals surface area contributed by atoms with Crippen LogP contribution in [0.3, 0.4) is 0 Å². The number of hydrogen-bond acceptors (Lipinski definition) is 8. The third-order valence-electron chi connectivity index (χ3n) is 5.36. The Labute approximate surface area is 169 Å². The number of nitrogens with zero attached hydrogens (tertiary/aromatic N) is 6. The van der Waals surface area contributed by atoms with E-state index in [1.54, 1.807) is 6.20 Å². The van der Waals surface area contributed by atoms with Gasteiger partial charge in [0.1, 0.15) is 11.6 Å². The van der Waals surface area contributed by atoms with Crippen LogP contribution >= 0.6 is 0 Å². The molecule has 2 aliphatic heterocycles. The van der Waals surface area contributed by atoms with Gasteiger partial charge in [0.05, 0.1) is 32.0 Å². The van der Waals surface area contributed by atoms with Gasteiger partial charge in [-0.1, -0.05) is 29.8 Å². The maximum absolute atomic E-state index is 5.79. The van der Waals surface area contributed by atoms with E-state index in [1.165, 1.54) is 5.56 Å². The molecule has 0 spiro atoms. The van der Waals surface area contributed by atoms with Crippen LogP contribution in [0, 0.1) is 6.92 Å². The summed E-state index contributed by atoms with van der Waals surface area (Å²) in [4.78, 5) is 22.8. The zero-order chi connectivity index (χ0) is 19.8. The van der Waals surface area contributed by atoms with Crippen molar-refractivity contribution in [1.82, 2.24) is 19.9 Å². The van der Waals surface area contributed by atoms with E-state index in [-0.39, 0.29) is 5.95 Å². The summed E-state index contributed by atoms with van der Waals surface area (Å²) in [6, 6.07) is 10.2. The molecule has 0 saturated carbocycles. The van der Waals surface area contributed by atoms with E-state index in [4.69, 9.17) is 20.4 Å². The van der Waals surface area contributed by atoms with Gasteiger partial charge in [0.2, 0.25) is 5.95 Å². The van der Waals surface area contributed by atoms with Gasteiger partial charge in [-0.15, -0.1) is 0 Å². The molecule has 0 unspecified atom stereocenters. The van der Waals surface area contributed by atoms with E-state index in [1.807, 2.05) is 6.07 Å². The lowest BCUT2D eigenvalue weighted by Crippen LogP contribution is -2.37. The molecule has 4 heterocycles. The minimum Gasteiger partial charge on any atom is -0.378 e. The van der Waals surface area contributed by atoms with E-state index in [2.05, 4.69) is 51.0 Å². The summed E-state index contributed by atoms with van der Waals surface area (Å²) in [7, 11) is 0. The quantitative estimate of drug-likeness (QED) is 0.729. The van der Waals surface area contributed by atoms with Crippen molar-refractivity contribution in [2.24, 2.45) is 0 Å². The fourth-order valence-corrected chi connectivity index (χ4v) is 3.81. The summed E-state index contributed by atoms with van der Waals surface area (Å²) < 4.78 is 5.55. The Morgan fingerprint density at radius 2 is 1.72 bits per heavy atom. The SMILES string of the molecule is Cc1ccc(-c2nc3c(c(N4CCOCC4)n2)CN(c2ccnc(N)n2)C3)cc1. The van der Waals surface area contributed by atoms with Crippen molar-refractivity contribution in [3.8, 4) is 11.4 Å². The molecule has 2 aliphatic rings. The normalized spacial score (nSPS) is 16.2. The van der Waals surface area contributed by atoms with Crippen molar-refractivity contribution in [3.05, 3.63) is 53.3 Å². The standard InChI is InChI=1S/C21H23N7O/c1-14-2-4-15(5-3-14)19-24-17-13-28(18-6-7-23-21(22)25-18)12-16(17)20(26-19)27-8-10-29-11-9-27/h2-7H,8-13H2,1H3,(H2,22,23,25). The van der Waals surface area contributed by atoms with Crippen LogP contribution < -0.4 is 15.5 Å². The van der Waals surface area contributed by atoms with E-state index in [0.717, 1.165) is 47.4 Å². The number of fused-ring (bicyclic) bond motifs is 1. The third-order valence-corrected chi connectivity index (χ3v) is 5.36. The predicted octanol–water partition coefficient (Wildman–Crippen LogP) is 2.18.